The highest BCUT2D eigenvalue weighted by Gasteiger charge is 2.04. The van der Waals surface area contributed by atoms with Crippen molar-refractivity contribution in [2.75, 3.05) is 5.43 Å². The summed E-state index contributed by atoms with van der Waals surface area (Å²) in [6.07, 6.45) is 1.65. The fourth-order valence-electron chi connectivity index (χ4n) is 1.27. The third-order valence-corrected chi connectivity index (χ3v) is 2.66. The van der Waals surface area contributed by atoms with E-state index in [0.717, 1.165) is 16.6 Å². The summed E-state index contributed by atoms with van der Waals surface area (Å²) in [7, 11) is 0. The highest BCUT2D eigenvalue weighted by molar-refractivity contribution is 6.42. The standard InChI is InChI=1S/C9H7Cl2N3.ClH/c10-6-3-5-8(14-12)1-2-13-9(5)4-7(6)11;/h1-4H,12H2,(H,13,14);1H. The lowest BCUT2D eigenvalue weighted by atomic mass is 10.2. The molecule has 1 heterocycles. The molecule has 3 N–H and O–H groups in total. The SMILES string of the molecule is Cl.NNc1ccnc2cc(Cl)c(Cl)cc12. The number of pyridine rings is 1. The Bertz CT molecular complexity index is 487. The fraction of sp³-hybridized carbons (Fsp3) is 0. The molecule has 15 heavy (non-hydrogen) atoms. The van der Waals surface area contributed by atoms with Gasteiger partial charge in [0, 0.05) is 11.6 Å². The minimum absolute atomic E-state index is 0. The van der Waals surface area contributed by atoms with Gasteiger partial charge in [-0.1, -0.05) is 23.2 Å². The number of hydrogen-bond donors (Lipinski definition) is 2. The van der Waals surface area contributed by atoms with Crippen LogP contribution in [0.2, 0.25) is 10.0 Å². The lowest BCUT2D eigenvalue weighted by molar-refractivity contribution is 1.33. The minimum atomic E-state index is 0. The largest absolute Gasteiger partial charge is 0.323 e. The van der Waals surface area contributed by atoms with Gasteiger partial charge in [-0.25, -0.2) is 0 Å². The van der Waals surface area contributed by atoms with E-state index < -0.39 is 0 Å². The van der Waals surface area contributed by atoms with Gasteiger partial charge in [-0.2, -0.15) is 0 Å². The Labute approximate surface area is 103 Å². The zero-order valence-electron chi connectivity index (χ0n) is 7.50. The number of aromatic nitrogens is 1. The van der Waals surface area contributed by atoms with E-state index in [4.69, 9.17) is 29.0 Å². The first-order valence-corrected chi connectivity index (χ1v) is 4.68. The topological polar surface area (TPSA) is 50.9 Å². The van der Waals surface area contributed by atoms with E-state index in [9.17, 15) is 0 Å². The van der Waals surface area contributed by atoms with Crippen LogP contribution in [0.1, 0.15) is 0 Å². The van der Waals surface area contributed by atoms with Gasteiger partial charge in [0.05, 0.1) is 21.2 Å². The zero-order valence-corrected chi connectivity index (χ0v) is 9.83. The van der Waals surface area contributed by atoms with Gasteiger partial charge in [0.25, 0.3) is 0 Å². The smallest absolute Gasteiger partial charge is 0.0739 e. The van der Waals surface area contributed by atoms with Crippen LogP contribution in [0.25, 0.3) is 10.9 Å². The monoisotopic (exact) mass is 263 g/mol. The zero-order chi connectivity index (χ0) is 10.1. The molecule has 0 bridgehead atoms. The van der Waals surface area contributed by atoms with Gasteiger partial charge >= 0.3 is 0 Å². The number of hydrazine groups is 1. The summed E-state index contributed by atoms with van der Waals surface area (Å²) in [5.41, 5.74) is 4.11. The van der Waals surface area contributed by atoms with Crippen molar-refractivity contribution in [3.63, 3.8) is 0 Å². The molecule has 0 unspecified atom stereocenters. The number of anilines is 1. The maximum atomic E-state index is 5.89. The molecule has 0 aliphatic carbocycles. The van der Waals surface area contributed by atoms with Crippen LogP contribution in [0.15, 0.2) is 24.4 Å². The van der Waals surface area contributed by atoms with Crippen molar-refractivity contribution in [2.24, 2.45) is 5.84 Å². The van der Waals surface area contributed by atoms with Gasteiger partial charge in [0.15, 0.2) is 0 Å². The number of nitrogens with two attached hydrogens (primary N) is 1. The maximum absolute atomic E-state index is 5.89. The van der Waals surface area contributed by atoms with Gasteiger partial charge in [-0.15, -0.1) is 12.4 Å². The second kappa shape index (κ2) is 4.86. The van der Waals surface area contributed by atoms with E-state index in [1.54, 1.807) is 24.4 Å². The van der Waals surface area contributed by atoms with Crippen molar-refractivity contribution < 1.29 is 0 Å². The van der Waals surface area contributed by atoms with E-state index in [1.807, 2.05) is 0 Å². The Morgan fingerprint density at radius 1 is 1.20 bits per heavy atom. The quantitative estimate of drug-likeness (QED) is 0.614. The second-order valence-corrected chi connectivity index (χ2v) is 3.60. The van der Waals surface area contributed by atoms with Crippen LogP contribution in [0.5, 0.6) is 0 Å². The van der Waals surface area contributed by atoms with Crippen LogP contribution in [-0.4, -0.2) is 4.98 Å². The molecule has 1 aromatic heterocycles. The molecule has 0 spiro atoms. The van der Waals surface area contributed by atoms with E-state index in [2.05, 4.69) is 10.4 Å². The Kier molecular flexibility index (Phi) is 3.99. The van der Waals surface area contributed by atoms with Crippen molar-refractivity contribution in [2.45, 2.75) is 0 Å². The molecule has 0 saturated carbocycles. The molecule has 0 amide bonds. The first-order valence-electron chi connectivity index (χ1n) is 3.93. The normalized spacial score (nSPS) is 9.80. The molecule has 2 rings (SSSR count). The number of nitrogen functional groups attached to an aromatic ring is 1. The lowest BCUT2D eigenvalue weighted by Gasteiger charge is -2.05. The number of halogens is 3. The highest BCUT2D eigenvalue weighted by atomic mass is 35.5. The van der Waals surface area contributed by atoms with Crippen LogP contribution in [0, 0.1) is 0 Å². The van der Waals surface area contributed by atoms with Crippen molar-refractivity contribution in [3.8, 4) is 0 Å². The third-order valence-electron chi connectivity index (χ3n) is 1.94. The first-order chi connectivity index (χ1) is 6.72. The summed E-state index contributed by atoms with van der Waals surface area (Å²) in [6, 6.07) is 5.22. The van der Waals surface area contributed by atoms with Gasteiger partial charge in [0.1, 0.15) is 0 Å². The van der Waals surface area contributed by atoms with Crippen LogP contribution < -0.4 is 11.3 Å². The summed E-state index contributed by atoms with van der Waals surface area (Å²) < 4.78 is 0. The molecular formula is C9H8Cl3N3. The molecule has 2 aromatic rings. The van der Waals surface area contributed by atoms with E-state index >= 15 is 0 Å². The minimum Gasteiger partial charge on any atom is -0.323 e. The summed E-state index contributed by atoms with van der Waals surface area (Å²) in [5.74, 6) is 5.35. The van der Waals surface area contributed by atoms with Gasteiger partial charge in [-0.3, -0.25) is 10.8 Å². The summed E-state index contributed by atoms with van der Waals surface area (Å²) in [5, 5.41) is 1.83. The molecule has 0 saturated heterocycles. The number of nitrogens with one attached hydrogen (secondary N) is 1. The molecule has 80 valence electrons. The molecule has 0 fully saturated rings. The first kappa shape index (κ1) is 12.3. The molecule has 0 atom stereocenters. The van der Waals surface area contributed by atoms with Crippen LogP contribution in [-0.2, 0) is 0 Å². The summed E-state index contributed by atoms with van der Waals surface area (Å²) >= 11 is 11.7. The van der Waals surface area contributed by atoms with Crippen molar-refractivity contribution in [1.29, 1.82) is 0 Å². The van der Waals surface area contributed by atoms with Crippen molar-refractivity contribution >= 4 is 52.2 Å². The van der Waals surface area contributed by atoms with E-state index in [0.29, 0.717) is 10.0 Å². The number of rotatable bonds is 1. The summed E-state index contributed by atoms with van der Waals surface area (Å²) in [4.78, 5) is 4.15. The Morgan fingerprint density at radius 3 is 2.53 bits per heavy atom. The number of hydrogen-bond acceptors (Lipinski definition) is 3. The lowest BCUT2D eigenvalue weighted by Crippen LogP contribution is -2.07. The molecule has 0 radical (unpaired) electrons. The van der Waals surface area contributed by atoms with Gasteiger partial charge < -0.3 is 5.43 Å². The second-order valence-electron chi connectivity index (χ2n) is 2.79. The average molecular weight is 265 g/mol. The van der Waals surface area contributed by atoms with Gasteiger partial charge in [-0.05, 0) is 18.2 Å². The van der Waals surface area contributed by atoms with Crippen LogP contribution in [0.4, 0.5) is 5.69 Å². The number of benzene rings is 1. The predicted octanol–water partition coefficient (Wildman–Crippen LogP) is 3.25. The fourth-order valence-corrected chi connectivity index (χ4v) is 1.59. The Morgan fingerprint density at radius 2 is 1.87 bits per heavy atom. The van der Waals surface area contributed by atoms with Gasteiger partial charge in [0.2, 0.25) is 0 Å². The maximum Gasteiger partial charge on any atom is 0.0739 e. The van der Waals surface area contributed by atoms with Crippen molar-refractivity contribution in [1.82, 2.24) is 4.98 Å². The summed E-state index contributed by atoms with van der Waals surface area (Å²) in [6.45, 7) is 0. The molecule has 0 aliphatic rings. The van der Waals surface area contributed by atoms with Crippen LogP contribution >= 0.6 is 35.6 Å². The predicted molar refractivity (Wildman–Crippen MR) is 66.8 cm³/mol. The third kappa shape index (κ3) is 2.26. The number of fused-ring (bicyclic) bond motifs is 1. The molecule has 6 heteroatoms. The molecule has 0 aliphatic heterocycles. The Hall–Kier alpha value is -0.740. The average Bonchev–Trinajstić information content (AvgIpc) is 2.19. The molecule has 3 nitrogen and oxygen atoms in total. The van der Waals surface area contributed by atoms with E-state index in [1.165, 1.54) is 0 Å². The Balaban J connectivity index is 0.00000112. The molecular weight excluding hydrogens is 256 g/mol. The highest BCUT2D eigenvalue weighted by Crippen LogP contribution is 2.30. The van der Waals surface area contributed by atoms with E-state index in [-0.39, 0.29) is 12.4 Å². The van der Waals surface area contributed by atoms with Crippen LogP contribution in [0.3, 0.4) is 0 Å². The molecule has 1 aromatic carbocycles. The number of nitrogens with zero attached hydrogens (tertiary/aromatic N) is 1. The van der Waals surface area contributed by atoms with Crippen molar-refractivity contribution in [3.05, 3.63) is 34.4 Å².